The molecule has 0 unspecified atom stereocenters. The fourth-order valence-electron chi connectivity index (χ4n) is 2.38. The molecule has 2 N–H and O–H groups in total. The van der Waals surface area contributed by atoms with Crippen LogP contribution in [0.25, 0.3) is 0 Å². The molecule has 0 heterocycles. The van der Waals surface area contributed by atoms with Gasteiger partial charge in [-0.05, 0) is 68.1 Å². The summed E-state index contributed by atoms with van der Waals surface area (Å²) in [5, 5.41) is 5.80. The van der Waals surface area contributed by atoms with Gasteiger partial charge >= 0.3 is 0 Å². The summed E-state index contributed by atoms with van der Waals surface area (Å²) in [6.45, 7) is 4.00. The molecule has 0 spiro atoms. The Balaban J connectivity index is 1.67. The van der Waals surface area contributed by atoms with Crippen LogP contribution in [0.5, 0.6) is 0 Å². The predicted octanol–water partition coefficient (Wildman–Crippen LogP) is 3.90. The second kappa shape index (κ2) is 6.24. The van der Waals surface area contributed by atoms with Crippen LogP contribution in [0.3, 0.4) is 0 Å². The van der Waals surface area contributed by atoms with E-state index in [1.54, 1.807) is 24.3 Å². The first kappa shape index (κ1) is 15.3. The van der Waals surface area contributed by atoms with Crippen molar-refractivity contribution in [1.82, 2.24) is 0 Å². The van der Waals surface area contributed by atoms with Crippen LogP contribution in [0.2, 0.25) is 0 Å². The molecule has 3 rings (SSSR count). The molecule has 0 atom stereocenters. The SMILES string of the molecule is Cc1cccc(NC(=O)c2ccc(NC(=O)C3CC3)cc2)c1C. The molecule has 1 saturated carbocycles. The fourth-order valence-corrected chi connectivity index (χ4v) is 2.38. The summed E-state index contributed by atoms with van der Waals surface area (Å²) >= 11 is 0. The predicted molar refractivity (Wildman–Crippen MR) is 91.7 cm³/mol. The molecule has 0 saturated heterocycles. The highest BCUT2D eigenvalue weighted by Gasteiger charge is 2.29. The van der Waals surface area contributed by atoms with Gasteiger partial charge in [0.2, 0.25) is 5.91 Å². The number of carbonyl (C=O) groups is 2. The van der Waals surface area contributed by atoms with Gasteiger partial charge < -0.3 is 10.6 Å². The van der Waals surface area contributed by atoms with E-state index in [2.05, 4.69) is 10.6 Å². The van der Waals surface area contributed by atoms with Crippen LogP contribution in [0, 0.1) is 19.8 Å². The molecule has 2 amide bonds. The first-order valence-corrected chi connectivity index (χ1v) is 7.83. The zero-order valence-corrected chi connectivity index (χ0v) is 13.3. The maximum absolute atomic E-state index is 12.3. The zero-order chi connectivity index (χ0) is 16.4. The summed E-state index contributed by atoms with van der Waals surface area (Å²) in [7, 11) is 0. The molecule has 0 radical (unpaired) electrons. The second-order valence-electron chi connectivity index (χ2n) is 6.04. The van der Waals surface area contributed by atoms with Gasteiger partial charge in [-0.2, -0.15) is 0 Å². The lowest BCUT2D eigenvalue weighted by Crippen LogP contribution is -2.15. The highest BCUT2D eigenvalue weighted by Crippen LogP contribution is 2.30. The van der Waals surface area contributed by atoms with E-state index in [4.69, 9.17) is 0 Å². The number of amides is 2. The van der Waals surface area contributed by atoms with Crippen molar-refractivity contribution < 1.29 is 9.59 Å². The summed E-state index contributed by atoms with van der Waals surface area (Å²) in [4.78, 5) is 24.0. The van der Waals surface area contributed by atoms with E-state index in [1.165, 1.54) is 0 Å². The van der Waals surface area contributed by atoms with E-state index in [-0.39, 0.29) is 17.7 Å². The molecular weight excluding hydrogens is 288 g/mol. The fraction of sp³-hybridized carbons (Fsp3) is 0.263. The van der Waals surface area contributed by atoms with Gasteiger partial charge in [0, 0.05) is 22.9 Å². The van der Waals surface area contributed by atoms with Gasteiger partial charge in [0.1, 0.15) is 0 Å². The molecule has 0 aromatic heterocycles. The van der Waals surface area contributed by atoms with E-state index < -0.39 is 0 Å². The number of nitrogens with one attached hydrogen (secondary N) is 2. The molecule has 1 aliphatic rings. The zero-order valence-electron chi connectivity index (χ0n) is 13.3. The molecule has 118 valence electrons. The molecule has 4 heteroatoms. The smallest absolute Gasteiger partial charge is 0.255 e. The van der Waals surface area contributed by atoms with Gasteiger partial charge in [-0.1, -0.05) is 12.1 Å². The number of rotatable bonds is 4. The summed E-state index contributed by atoms with van der Waals surface area (Å²) in [5.74, 6) is 0.0821. The quantitative estimate of drug-likeness (QED) is 0.900. The first-order chi connectivity index (χ1) is 11.0. The minimum absolute atomic E-state index is 0.0672. The number of benzene rings is 2. The minimum Gasteiger partial charge on any atom is -0.326 e. The third kappa shape index (κ3) is 3.59. The van der Waals surface area contributed by atoms with Crippen LogP contribution in [-0.2, 0) is 4.79 Å². The van der Waals surface area contributed by atoms with Gasteiger partial charge in [-0.3, -0.25) is 9.59 Å². The first-order valence-electron chi connectivity index (χ1n) is 7.83. The van der Waals surface area contributed by atoms with Crippen molar-refractivity contribution in [3.8, 4) is 0 Å². The summed E-state index contributed by atoms with van der Waals surface area (Å²) < 4.78 is 0. The van der Waals surface area contributed by atoms with E-state index in [1.807, 2.05) is 32.0 Å². The third-order valence-electron chi connectivity index (χ3n) is 4.22. The third-order valence-corrected chi connectivity index (χ3v) is 4.22. The topological polar surface area (TPSA) is 58.2 Å². The van der Waals surface area contributed by atoms with E-state index >= 15 is 0 Å². The summed E-state index contributed by atoms with van der Waals surface area (Å²) in [6, 6.07) is 12.8. The molecule has 0 aliphatic heterocycles. The van der Waals surface area contributed by atoms with Gasteiger partial charge in [-0.25, -0.2) is 0 Å². The number of hydrogen-bond acceptors (Lipinski definition) is 2. The molecule has 0 bridgehead atoms. The van der Waals surface area contributed by atoms with E-state index in [9.17, 15) is 9.59 Å². The molecule has 1 fully saturated rings. The minimum atomic E-state index is -0.154. The van der Waals surface area contributed by atoms with Crippen molar-refractivity contribution >= 4 is 23.2 Å². The Morgan fingerprint density at radius 3 is 2.30 bits per heavy atom. The Hall–Kier alpha value is -2.62. The van der Waals surface area contributed by atoms with Crippen molar-refractivity contribution in [3.63, 3.8) is 0 Å². The lowest BCUT2D eigenvalue weighted by atomic mass is 10.1. The van der Waals surface area contributed by atoms with Gasteiger partial charge in [0.25, 0.3) is 5.91 Å². The number of anilines is 2. The Morgan fingerprint density at radius 1 is 0.957 bits per heavy atom. The maximum atomic E-state index is 12.3. The Bertz CT molecular complexity index is 746. The van der Waals surface area contributed by atoms with Crippen molar-refractivity contribution in [2.24, 2.45) is 5.92 Å². The van der Waals surface area contributed by atoms with Gasteiger partial charge in [-0.15, -0.1) is 0 Å². The molecule has 23 heavy (non-hydrogen) atoms. The lowest BCUT2D eigenvalue weighted by molar-refractivity contribution is -0.117. The van der Waals surface area contributed by atoms with Crippen molar-refractivity contribution in [3.05, 3.63) is 59.2 Å². The molecule has 2 aromatic rings. The average Bonchev–Trinajstić information content (AvgIpc) is 3.37. The monoisotopic (exact) mass is 308 g/mol. The van der Waals surface area contributed by atoms with Crippen molar-refractivity contribution in [1.29, 1.82) is 0 Å². The van der Waals surface area contributed by atoms with Gasteiger partial charge in [0.15, 0.2) is 0 Å². The summed E-state index contributed by atoms with van der Waals surface area (Å²) in [5.41, 5.74) is 4.32. The number of aryl methyl sites for hydroxylation is 1. The van der Waals surface area contributed by atoms with Crippen LogP contribution < -0.4 is 10.6 Å². The molecular formula is C19H20N2O2. The number of hydrogen-bond donors (Lipinski definition) is 2. The standard InChI is InChI=1S/C19H20N2O2/c1-12-4-3-5-17(13(12)2)21-19(23)15-8-10-16(11-9-15)20-18(22)14-6-7-14/h3-5,8-11,14H,6-7H2,1-2H3,(H,20,22)(H,21,23). The maximum Gasteiger partial charge on any atom is 0.255 e. The van der Waals surface area contributed by atoms with Crippen LogP contribution in [0.1, 0.15) is 34.3 Å². The van der Waals surface area contributed by atoms with E-state index in [0.717, 1.165) is 35.3 Å². The van der Waals surface area contributed by atoms with Crippen LogP contribution in [0.4, 0.5) is 11.4 Å². The van der Waals surface area contributed by atoms with Crippen LogP contribution >= 0.6 is 0 Å². The van der Waals surface area contributed by atoms with E-state index in [0.29, 0.717) is 5.56 Å². The highest BCUT2D eigenvalue weighted by atomic mass is 16.2. The largest absolute Gasteiger partial charge is 0.326 e. The lowest BCUT2D eigenvalue weighted by Gasteiger charge is -2.11. The Morgan fingerprint density at radius 2 is 1.65 bits per heavy atom. The van der Waals surface area contributed by atoms with Crippen LogP contribution in [0.15, 0.2) is 42.5 Å². The number of carbonyl (C=O) groups excluding carboxylic acids is 2. The summed E-state index contributed by atoms with van der Waals surface area (Å²) in [6.07, 6.45) is 1.95. The normalized spacial score (nSPS) is 13.5. The average molecular weight is 308 g/mol. The molecule has 1 aliphatic carbocycles. The van der Waals surface area contributed by atoms with Crippen molar-refractivity contribution in [2.75, 3.05) is 10.6 Å². The molecule has 2 aromatic carbocycles. The second-order valence-corrected chi connectivity index (χ2v) is 6.04. The Labute approximate surface area is 135 Å². The van der Waals surface area contributed by atoms with Gasteiger partial charge in [0.05, 0.1) is 0 Å². The van der Waals surface area contributed by atoms with Crippen LogP contribution in [-0.4, -0.2) is 11.8 Å². The highest BCUT2D eigenvalue weighted by molar-refractivity contribution is 6.05. The Kier molecular flexibility index (Phi) is 4.15. The molecule has 4 nitrogen and oxygen atoms in total. The van der Waals surface area contributed by atoms with Crippen molar-refractivity contribution in [2.45, 2.75) is 26.7 Å².